The summed E-state index contributed by atoms with van der Waals surface area (Å²) in [5.74, 6) is -0.227. The second kappa shape index (κ2) is 5.63. The largest absolute Gasteiger partial charge is 0.355 e. The number of carbonyl (C=O) groups is 1. The van der Waals surface area contributed by atoms with E-state index in [9.17, 15) is 4.79 Å². The molecular weight excluding hydrogens is 220 g/mol. The zero-order valence-electron chi connectivity index (χ0n) is 7.42. The van der Waals surface area contributed by atoms with Crippen molar-refractivity contribution >= 4 is 28.8 Å². The first-order valence-electron chi connectivity index (χ1n) is 4.10. The molecule has 1 amide bonds. The zero-order chi connectivity index (χ0) is 10.4. The molecule has 1 N–H and O–H groups in total. The number of hydrogen-bond donors (Lipinski definition) is 1. The lowest BCUT2D eigenvalue weighted by atomic mass is 10.3. The van der Waals surface area contributed by atoms with Gasteiger partial charge in [-0.3, -0.25) is 4.79 Å². The molecule has 0 aliphatic rings. The van der Waals surface area contributed by atoms with E-state index < -0.39 is 0 Å². The van der Waals surface area contributed by atoms with Crippen LogP contribution < -0.4 is 5.32 Å². The van der Waals surface area contributed by atoms with Crippen molar-refractivity contribution in [3.05, 3.63) is 21.3 Å². The molecule has 0 unspecified atom stereocenters. The van der Waals surface area contributed by atoms with Gasteiger partial charge in [-0.25, -0.2) is 0 Å². The molecule has 5 heteroatoms. The van der Waals surface area contributed by atoms with Crippen LogP contribution in [0.25, 0.3) is 0 Å². The Balaban J connectivity index is 2.22. The molecule has 1 aromatic rings. The molecule has 14 heavy (non-hydrogen) atoms. The molecule has 1 aromatic heterocycles. The Morgan fingerprint density at radius 2 is 2.43 bits per heavy atom. The lowest BCUT2D eigenvalue weighted by Gasteiger charge is -1.99. The summed E-state index contributed by atoms with van der Waals surface area (Å²) in [4.78, 5) is 12.0. The quantitative estimate of drug-likeness (QED) is 0.857. The second-order valence-electron chi connectivity index (χ2n) is 2.64. The van der Waals surface area contributed by atoms with Gasteiger partial charge in [0.2, 0.25) is 5.91 Å². The van der Waals surface area contributed by atoms with Crippen LogP contribution in [-0.2, 0) is 11.2 Å². The molecule has 1 rings (SSSR count). The third-order valence-corrected chi connectivity index (χ3v) is 2.85. The maximum atomic E-state index is 10.9. The maximum absolute atomic E-state index is 10.9. The zero-order valence-corrected chi connectivity index (χ0v) is 8.99. The van der Waals surface area contributed by atoms with Gasteiger partial charge in [0.15, 0.2) is 0 Å². The first-order chi connectivity index (χ1) is 6.72. The van der Waals surface area contributed by atoms with Gasteiger partial charge in [0.25, 0.3) is 0 Å². The molecule has 0 saturated carbocycles. The number of amides is 1. The van der Waals surface area contributed by atoms with Crippen molar-refractivity contribution in [1.29, 1.82) is 5.26 Å². The Labute approximate surface area is 91.3 Å². The van der Waals surface area contributed by atoms with Gasteiger partial charge < -0.3 is 5.32 Å². The predicted octanol–water partition coefficient (Wildman–Crippen LogP) is 1.97. The van der Waals surface area contributed by atoms with Crippen molar-refractivity contribution in [1.82, 2.24) is 5.32 Å². The molecule has 0 atom stereocenters. The third kappa shape index (κ3) is 3.77. The number of nitrogens with one attached hydrogen (secondary N) is 1. The summed E-state index contributed by atoms with van der Waals surface area (Å²) in [7, 11) is 0. The molecule has 0 bridgehead atoms. The average Bonchev–Trinajstić information content (AvgIpc) is 2.52. The maximum Gasteiger partial charge on any atom is 0.234 e. The fourth-order valence-corrected chi connectivity index (χ4v) is 2.03. The first-order valence-corrected chi connectivity index (χ1v) is 5.29. The predicted molar refractivity (Wildman–Crippen MR) is 56.3 cm³/mol. The summed E-state index contributed by atoms with van der Waals surface area (Å²) in [5, 5.41) is 10.9. The lowest BCUT2D eigenvalue weighted by Crippen LogP contribution is -2.24. The number of carbonyl (C=O) groups excluding carboxylic acids is 1. The van der Waals surface area contributed by atoms with Gasteiger partial charge in [-0.1, -0.05) is 11.6 Å². The number of halogens is 1. The highest BCUT2D eigenvalue weighted by molar-refractivity contribution is 7.16. The van der Waals surface area contributed by atoms with Crippen molar-refractivity contribution in [3.63, 3.8) is 0 Å². The van der Waals surface area contributed by atoms with Crippen molar-refractivity contribution in [3.8, 4) is 6.07 Å². The Kier molecular flexibility index (Phi) is 4.44. The smallest absolute Gasteiger partial charge is 0.234 e. The van der Waals surface area contributed by atoms with Crippen LogP contribution in [0.2, 0.25) is 4.34 Å². The molecule has 1 heterocycles. The van der Waals surface area contributed by atoms with Gasteiger partial charge in [-0.2, -0.15) is 5.26 Å². The molecule has 74 valence electrons. The second-order valence-corrected chi connectivity index (χ2v) is 4.44. The van der Waals surface area contributed by atoms with E-state index in [1.165, 1.54) is 11.3 Å². The van der Waals surface area contributed by atoms with Crippen LogP contribution in [0.4, 0.5) is 0 Å². The number of rotatable bonds is 4. The van der Waals surface area contributed by atoms with E-state index in [0.29, 0.717) is 6.54 Å². The Bertz CT molecular complexity index is 356. The monoisotopic (exact) mass is 228 g/mol. The normalized spacial score (nSPS) is 9.43. The minimum Gasteiger partial charge on any atom is -0.355 e. The fourth-order valence-electron chi connectivity index (χ4n) is 0.946. The first kappa shape index (κ1) is 11.0. The van der Waals surface area contributed by atoms with Gasteiger partial charge >= 0.3 is 0 Å². The Hall–Kier alpha value is -1.05. The highest BCUT2D eigenvalue weighted by Crippen LogP contribution is 2.21. The van der Waals surface area contributed by atoms with Crippen LogP contribution in [0.5, 0.6) is 0 Å². The highest BCUT2D eigenvalue weighted by Gasteiger charge is 2.00. The third-order valence-electron chi connectivity index (χ3n) is 1.56. The van der Waals surface area contributed by atoms with Crippen molar-refractivity contribution in [2.24, 2.45) is 0 Å². The molecule has 0 aliphatic heterocycles. The van der Waals surface area contributed by atoms with Crippen LogP contribution in [0.3, 0.4) is 0 Å². The van der Waals surface area contributed by atoms with Gasteiger partial charge in [0, 0.05) is 11.4 Å². The molecule has 0 aliphatic carbocycles. The van der Waals surface area contributed by atoms with Crippen LogP contribution in [0.1, 0.15) is 11.3 Å². The minimum absolute atomic E-state index is 0.0782. The van der Waals surface area contributed by atoms with Gasteiger partial charge in [0.05, 0.1) is 10.4 Å². The summed E-state index contributed by atoms with van der Waals surface area (Å²) in [6, 6.07) is 5.56. The fraction of sp³-hybridized carbons (Fsp3) is 0.333. The van der Waals surface area contributed by atoms with Crippen LogP contribution >= 0.6 is 22.9 Å². The topological polar surface area (TPSA) is 52.9 Å². The lowest BCUT2D eigenvalue weighted by molar-refractivity contribution is -0.120. The summed E-state index contributed by atoms with van der Waals surface area (Å²) < 4.78 is 0.753. The van der Waals surface area contributed by atoms with Gasteiger partial charge in [-0.05, 0) is 18.6 Å². The number of nitrogens with zero attached hydrogens (tertiary/aromatic N) is 1. The van der Waals surface area contributed by atoms with Crippen molar-refractivity contribution < 1.29 is 4.79 Å². The van der Waals surface area contributed by atoms with Crippen LogP contribution in [0.15, 0.2) is 12.1 Å². The number of thiophene rings is 1. The van der Waals surface area contributed by atoms with E-state index >= 15 is 0 Å². The molecule has 0 fully saturated rings. The van der Waals surface area contributed by atoms with E-state index in [1.54, 1.807) is 6.07 Å². The van der Waals surface area contributed by atoms with Gasteiger partial charge in [-0.15, -0.1) is 11.3 Å². The minimum atomic E-state index is -0.227. The molecule has 0 spiro atoms. The molecule has 0 saturated heterocycles. The molecule has 0 radical (unpaired) electrons. The summed E-state index contributed by atoms with van der Waals surface area (Å²) >= 11 is 7.24. The van der Waals surface area contributed by atoms with E-state index in [-0.39, 0.29) is 12.3 Å². The Morgan fingerprint density at radius 1 is 1.64 bits per heavy atom. The standard InChI is InChI=1S/C9H9ClN2OS/c10-8-2-1-7(14-8)4-6-12-9(13)3-5-11/h1-2H,3-4,6H2,(H,12,13). The summed E-state index contributed by atoms with van der Waals surface area (Å²) in [6.07, 6.45) is 0.680. The summed E-state index contributed by atoms with van der Waals surface area (Å²) in [6.45, 7) is 0.553. The van der Waals surface area contributed by atoms with E-state index in [0.717, 1.165) is 15.6 Å². The van der Waals surface area contributed by atoms with E-state index in [1.807, 2.05) is 12.1 Å². The van der Waals surface area contributed by atoms with Crippen molar-refractivity contribution in [2.75, 3.05) is 6.54 Å². The van der Waals surface area contributed by atoms with E-state index in [4.69, 9.17) is 16.9 Å². The Morgan fingerprint density at radius 3 is 3.00 bits per heavy atom. The van der Waals surface area contributed by atoms with Crippen molar-refractivity contribution in [2.45, 2.75) is 12.8 Å². The SMILES string of the molecule is N#CCC(=O)NCCc1ccc(Cl)s1. The molecule has 0 aromatic carbocycles. The van der Waals surface area contributed by atoms with Crippen LogP contribution in [-0.4, -0.2) is 12.5 Å². The average molecular weight is 229 g/mol. The van der Waals surface area contributed by atoms with Crippen LogP contribution in [0, 0.1) is 11.3 Å². The summed E-state index contributed by atoms with van der Waals surface area (Å²) in [5.41, 5.74) is 0. The van der Waals surface area contributed by atoms with E-state index in [2.05, 4.69) is 5.32 Å². The highest BCUT2D eigenvalue weighted by atomic mass is 35.5. The molecular formula is C9H9ClN2OS. The number of nitriles is 1. The van der Waals surface area contributed by atoms with Gasteiger partial charge in [0.1, 0.15) is 6.42 Å². The number of hydrogen-bond acceptors (Lipinski definition) is 3. The molecule has 3 nitrogen and oxygen atoms in total.